The molecule has 3 aromatic rings. The molecule has 0 unspecified atom stereocenters. The number of aryl methyl sites for hydroxylation is 2. The summed E-state index contributed by atoms with van der Waals surface area (Å²) in [5, 5.41) is 2.11. The van der Waals surface area contributed by atoms with Crippen molar-refractivity contribution < 1.29 is 22.5 Å². The van der Waals surface area contributed by atoms with Gasteiger partial charge in [0.2, 0.25) is 5.84 Å². The number of halogens is 1. The standard InChI is InChI=1S/C22H22N2O.ClH/c1-16-4-10-19(11-5-16)23-22(18-8-14-21(25-3)15-9-18)24-20-12-6-17(2)7-13-20;/h4-15H,1-3H3,(H,23,24);1H. The van der Waals surface area contributed by atoms with Gasteiger partial charge in [0.1, 0.15) is 11.4 Å². The maximum absolute atomic E-state index is 5.26. The summed E-state index contributed by atoms with van der Waals surface area (Å²) in [5.74, 6) is 1.77. The number of quaternary nitrogens is 1. The van der Waals surface area contributed by atoms with Crippen LogP contribution in [0.3, 0.4) is 0 Å². The summed E-state index contributed by atoms with van der Waals surface area (Å²) in [6.07, 6.45) is 0. The van der Waals surface area contributed by atoms with Crippen molar-refractivity contribution in [2.45, 2.75) is 13.8 Å². The molecule has 0 aliphatic heterocycles. The Labute approximate surface area is 161 Å². The van der Waals surface area contributed by atoms with E-state index in [1.807, 2.05) is 36.4 Å². The zero-order valence-corrected chi connectivity index (χ0v) is 16.0. The molecule has 0 bridgehead atoms. The van der Waals surface area contributed by atoms with E-state index in [-0.39, 0.29) is 12.4 Å². The molecule has 0 aliphatic carbocycles. The van der Waals surface area contributed by atoms with Crippen LogP contribution in [0.2, 0.25) is 0 Å². The van der Waals surface area contributed by atoms with Crippen LogP contribution in [0.1, 0.15) is 16.7 Å². The van der Waals surface area contributed by atoms with Crippen molar-refractivity contribution in [1.29, 1.82) is 0 Å². The maximum atomic E-state index is 5.26. The van der Waals surface area contributed by atoms with Gasteiger partial charge < -0.3 is 17.1 Å². The number of nitrogens with two attached hydrogens (primary N) is 1. The van der Waals surface area contributed by atoms with E-state index in [9.17, 15) is 0 Å². The molecule has 26 heavy (non-hydrogen) atoms. The van der Waals surface area contributed by atoms with Crippen LogP contribution >= 0.6 is 0 Å². The second-order valence-electron chi connectivity index (χ2n) is 6.12. The van der Waals surface area contributed by atoms with E-state index in [0.29, 0.717) is 0 Å². The molecule has 134 valence electrons. The van der Waals surface area contributed by atoms with Crippen molar-refractivity contribution in [2.75, 3.05) is 7.11 Å². The topological polar surface area (TPSA) is 38.2 Å². The Balaban J connectivity index is 0.00000243. The van der Waals surface area contributed by atoms with Crippen molar-refractivity contribution >= 4 is 17.2 Å². The fourth-order valence-electron chi connectivity index (χ4n) is 2.52. The normalized spacial score (nSPS) is 11.0. The van der Waals surface area contributed by atoms with Crippen LogP contribution in [0, 0.1) is 13.8 Å². The molecule has 0 aromatic heterocycles. The molecule has 0 radical (unpaired) electrons. The highest BCUT2D eigenvalue weighted by Gasteiger charge is 2.11. The number of amidine groups is 1. The van der Waals surface area contributed by atoms with E-state index >= 15 is 0 Å². The summed E-state index contributed by atoms with van der Waals surface area (Å²) in [4.78, 5) is 4.86. The molecule has 3 rings (SSSR count). The summed E-state index contributed by atoms with van der Waals surface area (Å²) in [7, 11) is 1.68. The highest BCUT2D eigenvalue weighted by Crippen LogP contribution is 2.16. The fourth-order valence-corrected chi connectivity index (χ4v) is 2.52. The molecule has 0 spiro atoms. The number of methoxy groups -OCH3 is 1. The number of benzene rings is 3. The van der Waals surface area contributed by atoms with E-state index in [1.54, 1.807) is 7.11 Å². The predicted octanol–water partition coefficient (Wildman–Crippen LogP) is 1.29. The molecule has 0 atom stereocenters. The van der Waals surface area contributed by atoms with E-state index in [0.717, 1.165) is 28.5 Å². The zero-order valence-electron chi connectivity index (χ0n) is 15.2. The van der Waals surface area contributed by atoms with Gasteiger partial charge in [0.25, 0.3) is 0 Å². The minimum Gasteiger partial charge on any atom is -1.00 e. The Morgan fingerprint density at radius 2 is 1.31 bits per heavy atom. The molecule has 4 heteroatoms. The summed E-state index contributed by atoms with van der Waals surface area (Å²) < 4.78 is 5.26. The van der Waals surface area contributed by atoms with Gasteiger partial charge in [0.05, 0.1) is 18.4 Å². The number of nitrogens with zero attached hydrogens (tertiary/aromatic N) is 1. The summed E-state index contributed by atoms with van der Waals surface area (Å²) in [5.41, 5.74) is 5.61. The first-order valence-corrected chi connectivity index (χ1v) is 8.35. The molecule has 2 N–H and O–H groups in total. The molecule has 0 heterocycles. The first-order chi connectivity index (χ1) is 12.1. The van der Waals surface area contributed by atoms with Crippen molar-refractivity contribution in [3.05, 3.63) is 89.5 Å². The third-order valence-electron chi connectivity index (χ3n) is 4.05. The minimum atomic E-state index is 0. The number of hydrogen-bond donors (Lipinski definition) is 1. The quantitative estimate of drug-likeness (QED) is 0.422. The summed E-state index contributed by atoms with van der Waals surface area (Å²) in [6.45, 7) is 4.17. The molecule has 3 nitrogen and oxygen atoms in total. The maximum Gasteiger partial charge on any atom is 0.237 e. The Hall–Kier alpha value is -2.62. The van der Waals surface area contributed by atoms with Crippen LogP contribution in [0.25, 0.3) is 0 Å². The lowest BCUT2D eigenvalue weighted by Gasteiger charge is -2.07. The van der Waals surface area contributed by atoms with E-state index in [2.05, 4.69) is 55.6 Å². The van der Waals surface area contributed by atoms with Gasteiger partial charge in [-0.25, -0.2) is 0 Å². The third-order valence-corrected chi connectivity index (χ3v) is 4.05. The molecule has 0 aliphatic rings. The molecule has 0 fully saturated rings. The first-order valence-electron chi connectivity index (χ1n) is 8.35. The van der Waals surface area contributed by atoms with Crippen molar-refractivity contribution in [1.82, 2.24) is 0 Å². The Morgan fingerprint density at radius 3 is 1.85 bits per heavy atom. The molecular formula is C22H23ClN2O. The van der Waals surface area contributed by atoms with Gasteiger partial charge in [0.15, 0.2) is 0 Å². The molecule has 3 aromatic carbocycles. The van der Waals surface area contributed by atoms with Gasteiger partial charge >= 0.3 is 0 Å². The Bertz CT molecular complexity index is 854. The van der Waals surface area contributed by atoms with E-state index < -0.39 is 0 Å². The highest BCUT2D eigenvalue weighted by molar-refractivity contribution is 5.94. The SMILES string of the molecule is COc1ccc(C(=Nc2ccc(C)cc2)[NH2+]c2ccc(C)cc2)cc1.[Cl-]. The first kappa shape index (κ1) is 19.7. The van der Waals surface area contributed by atoms with Crippen molar-refractivity contribution in [2.24, 2.45) is 4.99 Å². The fraction of sp³-hybridized carbons (Fsp3) is 0.136. The highest BCUT2D eigenvalue weighted by atomic mass is 35.5. The average molecular weight is 367 g/mol. The van der Waals surface area contributed by atoms with Gasteiger partial charge in [-0.3, -0.25) is 5.32 Å². The van der Waals surface area contributed by atoms with Crippen molar-refractivity contribution in [3.63, 3.8) is 0 Å². The monoisotopic (exact) mass is 366 g/mol. The number of rotatable bonds is 4. The summed E-state index contributed by atoms with van der Waals surface area (Å²) >= 11 is 0. The van der Waals surface area contributed by atoms with Gasteiger partial charge in [-0.2, -0.15) is 4.99 Å². The number of ether oxygens (including phenoxy) is 1. The second kappa shape index (κ2) is 9.18. The Morgan fingerprint density at radius 1 is 0.769 bits per heavy atom. The predicted molar refractivity (Wildman–Crippen MR) is 103 cm³/mol. The van der Waals surface area contributed by atoms with Gasteiger partial charge in [0, 0.05) is 0 Å². The van der Waals surface area contributed by atoms with Gasteiger partial charge in [-0.1, -0.05) is 35.4 Å². The van der Waals surface area contributed by atoms with Crippen LogP contribution in [0.5, 0.6) is 5.75 Å². The summed E-state index contributed by atoms with van der Waals surface area (Å²) in [6, 6.07) is 24.7. The number of hydrogen-bond acceptors (Lipinski definition) is 2. The lowest BCUT2D eigenvalue weighted by molar-refractivity contribution is -0.442. The average Bonchev–Trinajstić information content (AvgIpc) is 2.65. The van der Waals surface area contributed by atoms with Gasteiger partial charge in [-0.15, -0.1) is 0 Å². The van der Waals surface area contributed by atoms with Crippen LogP contribution in [-0.2, 0) is 0 Å². The molecule has 0 saturated heterocycles. The van der Waals surface area contributed by atoms with Crippen LogP contribution in [0.15, 0.2) is 77.8 Å². The van der Waals surface area contributed by atoms with Crippen molar-refractivity contribution in [3.8, 4) is 5.75 Å². The largest absolute Gasteiger partial charge is 1.00 e. The van der Waals surface area contributed by atoms with Crippen LogP contribution < -0.4 is 22.5 Å². The smallest absolute Gasteiger partial charge is 0.237 e. The zero-order chi connectivity index (χ0) is 17.6. The molecular weight excluding hydrogens is 344 g/mol. The lowest BCUT2D eigenvalue weighted by Crippen LogP contribution is -3.00. The Kier molecular flexibility index (Phi) is 6.96. The molecule has 0 saturated carbocycles. The second-order valence-corrected chi connectivity index (χ2v) is 6.12. The van der Waals surface area contributed by atoms with Crippen LogP contribution in [0.4, 0.5) is 11.4 Å². The third kappa shape index (κ3) is 5.19. The minimum absolute atomic E-state index is 0. The van der Waals surface area contributed by atoms with Gasteiger partial charge in [-0.05, 0) is 62.4 Å². The van der Waals surface area contributed by atoms with E-state index in [1.165, 1.54) is 11.1 Å². The van der Waals surface area contributed by atoms with E-state index in [4.69, 9.17) is 9.73 Å². The lowest BCUT2D eigenvalue weighted by atomic mass is 10.1. The van der Waals surface area contributed by atoms with Crippen LogP contribution in [-0.4, -0.2) is 12.9 Å². The number of aliphatic imine (C=N–C) groups is 1. The molecule has 0 amide bonds.